The number of thiocarbonyl (C=S) groups is 1. The van der Waals surface area contributed by atoms with Crippen molar-refractivity contribution in [2.45, 2.75) is 46.0 Å². The van der Waals surface area contributed by atoms with Gasteiger partial charge in [0.2, 0.25) is 0 Å². The number of rotatable bonds is 5. The van der Waals surface area contributed by atoms with Gasteiger partial charge in [0, 0.05) is 10.0 Å². The topological polar surface area (TPSA) is 79.5 Å². The minimum Gasteiger partial charge on any atom is -0.483 e. The van der Waals surface area contributed by atoms with Crippen molar-refractivity contribution >= 4 is 45.1 Å². The van der Waals surface area contributed by atoms with Gasteiger partial charge in [0.05, 0.1) is 0 Å². The molecule has 31 heavy (non-hydrogen) atoms. The zero-order valence-corrected chi connectivity index (χ0v) is 20.7. The number of benzene rings is 2. The molecule has 0 fully saturated rings. The second-order valence-electron chi connectivity index (χ2n) is 8.38. The lowest BCUT2D eigenvalue weighted by Crippen LogP contribution is -2.49. The number of para-hydroxylation sites is 1. The summed E-state index contributed by atoms with van der Waals surface area (Å²) in [6, 6.07) is 13.0. The van der Waals surface area contributed by atoms with Crippen LogP contribution in [0, 0.1) is 0 Å². The molecule has 0 aromatic heterocycles. The molecule has 166 valence electrons. The predicted molar refractivity (Wildman–Crippen MR) is 130 cm³/mol. The number of amides is 2. The Balaban J connectivity index is 1.84. The van der Waals surface area contributed by atoms with Crippen LogP contribution >= 0.6 is 28.1 Å². The SMILES string of the molecule is CC(C)c1ccccc1OCC(=O)NNC(=S)NC(=O)c1ccc(C(C)(C)C)c(Br)c1. The maximum absolute atomic E-state index is 12.4. The lowest BCUT2D eigenvalue weighted by molar-refractivity contribution is -0.123. The van der Waals surface area contributed by atoms with Gasteiger partial charge in [-0.25, -0.2) is 0 Å². The number of halogens is 1. The van der Waals surface area contributed by atoms with E-state index < -0.39 is 5.91 Å². The molecule has 2 aromatic rings. The highest BCUT2D eigenvalue weighted by Gasteiger charge is 2.19. The Labute approximate surface area is 197 Å². The average Bonchev–Trinajstić information content (AvgIpc) is 2.69. The standard InChI is InChI=1S/C23H28BrN3O3S/c1-14(2)16-8-6-7-9-19(16)30-13-20(28)26-27-22(31)25-21(29)15-10-11-17(18(24)12-15)23(3,4)5/h6-12,14H,13H2,1-5H3,(H,26,28)(H2,25,27,29,31). The summed E-state index contributed by atoms with van der Waals surface area (Å²) in [6.07, 6.45) is 0. The van der Waals surface area contributed by atoms with Crippen LogP contribution in [0.5, 0.6) is 5.75 Å². The molecular formula is C23H28BrN3O3S. The molecule has 0 aliphatic rings. The zero-order chi connectivity index (χ0) is 23.2. The summed E-state index contributed by atoms with van der Waals surface area (Å²) >= 11 is 8.61. The largest absolute Gasteiger partial charge is 0.483 e. The highest BCUT2D eigenvalue weighted by Crippen LogP contribution is 2.30. The van der Waals surface area contributed by atoms with Gasteiger partial charge in [-0.3, -0.25) is 25.8 Å². The van der Waals surface area contributed by atoms with E-state index in [4.69, 9.17) is 17.0 Å². The van der Waals surface area contributed by atoms with Crippen LogP contribution in [-0.2, 0) is 10.2 Å². The van der Waals surface area contributed by atoms with Gasteiger partial charge < -0.3 is 4.74 Å². The molecule has 0 unspecified atom stereocenters. The van der Waals surface area contributed by atoms with Gasteiger partial charge >= 0.3 is 0 Å². The van der Waals surface area contributed by atoms with Crippen LogP contribution in [0.2, 0.25) is 0 Å². The van der Waals surface area contributed by atoms with Gasteiger partial charge in [-0.2, -0.15) is 0 Å². The summed E-state index contributed by atoms with van der Waals surface area (Å²) in [5.74, 6) is 0.132. The monoisotopic (exact) mass is 505 g/mol. The Hall–Kier alpha value is -2.45. The number of hydrogen-bond donors (Lipinski definition) is 3. The molecule has 0 aliphatic carbocycles. The minimum absolute atomic E-state index is 0.0167. The number of ether oxygens (including phenoxy) is 1. The molecular weight excluding hydrogens is 478 g/mol. The van der Waals surface area contributed by atoms with Gasteiger partial charge in [-0.05, 0) is 52.9 Å². The van der Waals surface area contributed by atoms with Crippen molar-refractivity contribution in [3.63, 3.8) is 0 Å². The minimum atomic E-state index is -0.424. The van der Waals surface area contributed by atoms with Crippen LogP contribution in [-0.4, -0.2) is 23.5 Å². The maximum atomic E-state index is 12.4. The summed E-state index contributed by atoms with van der Waals surface area (Å²) in [5, 5.41) is 2.52. The molecule has 0 bridgehead atoms. The fourth-order valence-electron chi connectivity index (χ4n) is 2.87. The molecule has 0 saturated carbocycles. The number of hydrazine groups is 1. The van der Waals surface area contributed by atoms with E-state index >= 15 is 0 Å². The fraction of sp³-hybridized carbons (Fsp3) is 0.348. The molecule has 0 aliphatic heterocycles. The van der Waals surface area contributed by atoms with Crippen LogP contribution in [0.15, 0.2) is 46.9 Å². The summed E-state index contributed by atoms with van der Waals surface area (Å²) in [4.78, 5) is 24.5. The molecule has 0 saturated heterocycles. The molecule has 0 spiro atoms. The quantitative estimate of drug-likeness (QED) is 0.409. The molecule has 2 amide bonds. The van der Waals surface area contributed by atoms with E-state index in [0.29, 0.717) is 11.3 Å². The van der Waals surface area contributed by atoms with Crippen molar-refractivity contribution in [1.29, 1.82) is 0 Å². The zero-order valence-electron chi connectivity index (χ0n) is 18.3. The Kier molecular flexibility index (Phi) is 8.59. The van der Waals surface area contributed by atoms with E-state index in [-0.39, 0.29) is 29.0 Å². The van der Waals surface area contributed by atoms with Gasteiger partial charge in [0.1, 0.15) is 5.75 Å². The molecule has 8 heteroatoms. The second-order valence-corrected chi connectivity index (χ2v) is 9.64. The number of carbonyl (C=O) groups excluding carboxylic acids is 2. The van der Waals surface area contributed by atoms with Crippen LogP contribution in [0.25, 0.3) is 0 Å². The maximum Gasteiger partial charge on any atom is 0.276 e. The molecule has 2 rings (SSSR count). The van der Waals surface area contributed by atoms with E-state index in [1.807, 2.05) is 30.3 Å². The molecule has 2 aromatic carbocycles. The Morgan fingerprint density at radius 1 is 1.10 bits per heavy atom. The molecule has 6 nitrogen and oxygen atoms in total. The van der Waals surface area contributed by atoms with E-state index in [2.05, 4.69) is 66.7 Å². The van der Waals surface area contributed by atoms with E-state index in [1.165, 1.54) is 0 Å². The second kappa shape index (κ2) is 10.7. The van der Waals surface area contributed by atoms with Crippen molar-refractivity contribution < 1.29 is 14.3 Å². The van der Waals surface area contributed by atoms with E-state index in [9.17, 15) is 9.59 Å². The third-order valence-electron chi connectivity index (χ3n) is 4.48. The van der Waals surface area contributed by atoms with Crippen LogP contribution in [0.3, 0.4) is 0 Å². The number of carbonyl (C=O) groups is 2. The average molecular weight is 506 g/mol. The summed E-state index contributed by atoms with van der Waals surface area (Å²) in [5.41, 5.74) is 7.45. The smallest absolute Gasteiger partial charge is 0.276 e. The Bertz CT molecular complexity index is 971. The molecule has 0 atom stereocenters. The summed E-state index contributed by atoms with van der Waals surface area (Å²) < 4.78 is 6.45. The Morgan fingerprint density at radius 2 is 1.77 bits per heavy atom. The first-order valence-electron chi connectivity index (χ1n) is 9.91. The molecule has 0 heterocycles. The van der Waals surface area contributed by atoms with Gasteiger partial charge in [0.25, 0.3) is 11.8 Å². The first-order chi connectivity index (χ1) is 14.5. The van der Waals surface area contributed by atoms with Crippen molar-refractivity contribution in [1.82, 2.24) is 16.2 Å². The van der Waals surface area contributed by atoms with Crippen molar-refractivity contribution in [2.24, 2.45) is 0 Å². The molecule has 0 radical (unpaired) electrons. The lowest BCUT2D eigenvalue weighted by Gasteiger charge is -2.21. The lowest BCUT2D eigenvalue weighted by atomic mass is 9.86. The summed E-state index contributed by atoms with van der Waals surface area (Å²) in [6.45, 7) is 10.2. The number of hydrogen-bond acceptors (Lipinski definition) is 4. The van der Waals surface area contributed by atoms with E-state index in [0.717, 1.165) is 15.6 Å². The van der Waals surface area contributed by atoms with Crippen LogP contribution in [0.4, 0.5) is 0 Å². The van der Waals surface area contributed by atoms with Crippen molar-refractivity contribution in [3.8, 4) is 5.75 Å². The Morgan fingerprint density at radius 3 is 2.39 bits per heavy atom. The van der Waals surface area contributed by atoms with Gasteiger partial charge in [0.15, 0.2) is 11.7 Å². The van der Waals surface area contributed by atoms with Crippen molar-refractivity contribution in [2.75, 3.05) is 6.61 Å². The normalized spacial score (nSPS) is 11.1. The highest BCUT2D eigenvalue weighted by molar-refractivity contribution is 9.10. The van der Waals surface area contributed by atoms with Crippen LogP contribution < -0.4 is 20.9 Å². The first-order valence-corrected chi connectivity index (χ1v) is 11.1. The number of nitrogens with one attached hydrogen (secondary N) is 3. The predicted octanol–water partition coefficient (Wildman–Crippen LogP) is 4.58. The third kappa shape index (κ3) is 7.33. The van der Waals surface area contributed by atoms with E-state index in [1.54, 1.807) is 12.1 Å². The summed E-state index contributed by atoms with van der Waals surface area (Å²) in [7, 11) is 0. The highest BCUT2D eigenvalue weighted by atomic mass is 79.9. The van der Waals surface area contributed by atoms with Crippen molar-refractivity contribution in [3.05, 3.63) is 63.6 Å². The first kappa shape index (κ1) is 24.8. The molecule has 3 N–H and O–H groups in total. The van der Waals surface area contributed by atoms with Gasteiger partial charge in [-0.1, -0.05) is 74.8 Å². The third-order valence-corrected chi connectivity index (χ3v) is 5.34. The van der Waals surface area contributed by atoms with Gasteiger partial charge in [-0.15, -0.1) is 0 Å². The fourth-order valence-corrected chi connectivity index (χ4v) is 3.98. The van der Waals surface area contributed by atoms with Crippen LogP contribution in [0.1, 0.15) is 62.0 Å².